The van der Waals surface area contributed by atoms with E-state index in [0.29, 0.717) is 5.56 Å². The van der Waals surface area contributed by atoms with E-state index >= 15 is 0 Å². The van der Waals surface area contributed by atoms with E-state index in [1.165, 1.54) is 0 Å². The molecule has 2 aromatic rings. The molecular formula is C16H17NO2. The molecule has 1 aromatic carbocycles. The highest BCUT2D eigenvalue weighted by Crippen LogP contribution is 2.35. The molecular weight excluding hydrogens is 238 g/mol. The van der Waals surface area contributed by atoms with Crippen LogP contribution in [-0.2, 0) is 0 Å². The van der Waals surface area contributed by atoms with E-state index in [1.807, 2.05) is 44.2 Å². The van der Waals surface area contributed by atoms with Crippen LogP contribution >= 0.6 is 0 Å². The number of aromatic hydroxyl groups is 2. The third-order valence-electron chi connectivity index (χ3n) is 2.87. The van der Waals surface area contributed by atoms with Crippen LogP contribution in [0.2, 0.25) is 0 Å². The lowest BCUT2D eigenvalue weighted by atomic mass is 9.98. The fourth-order valence-corrected chi connectivity index (χ4v) is 1.99. The van der Waals surface area contributed by atoms with Crippen molar-refractivity contribution in [1.29, 1.82) is 0 Å². The summed E-state index contributed by atoms with van der Waals surface area (Å²) in [7, 11) is 0. The maximum Gasteiger partial charge on any atom is 0.123 e. The number of nitrogens with zero attached hydrogens (tertiary/aromatic N) is 1. The summed E-state index contributed by atoms with van der Waals surface area (Å²) in [4.78, 5) is 4.17. The molecule has 0 atom stereocenters. The number of rotatable bonds is 3. The van der Waals surface area contributed by atoms with Gasteiger partial charge in [0.2, 0.25) is 0 Å². The second kappa shape index (κ2) is 5.57. The zero-order chi connectivity index (χ0) is 13.8. The molecule has 3 nitrogen and oxygen atoms in total. The summed E-state index contributed by atoms with van der Waals surface area (Å²) in [6.07, 6.45) is 5.37. The van der Waals surface area contributed by atoms with E-state index in [0.717, 1.165) is 11.3 Å². The van der Waals surface area contributed by atoms with Crippen molar-refractivity contribution >= 4 is 12.2 Å². The van der Waals surface area contributed by atoms with E-state index in [4.69, 9.17) is 0 Å². The SMILES string of the molecule is CC(C)c1c(O)cc(C=Cc2ccccn2)cc1O. The highest BCUT2D eigenvalue weighted by atomic mass is 16.3. The van der Waals surface area contributed by atoms with Crippen molar-refractivity contribution < 1.29 is 10.2 Å². The Morgan fingerprint density at radius 2 is 1.74 bits per heavy atom. The van der Waals surface area contributed by atoms with Gasteiger partial charge in [0, 0.05) is 11.8 Å². The molecule has 19 heavy (non-hydrogen) atoms. The quantitative estimate of drug-likeness (QED) is 0.877. The topological polar surface area (TPSA) is 53.4 Å². The summed E-state index contributed by atoms with van der Waals surface area (Å²) in [5.74, 6) is 0.320. The molecule has 0 aliphatic heterocycles. The molecule has 98 valence electrons. The Hall–Kier alpha value is -2.29. The third kappa shape index (κ3) is 3.13. The van der Waals surface area contributed by atoms with E-state index in [9.17, 15) is 10.2 Å². The van der Waals surface area contributed by atoms with Gasteiger partial charge in [-0.2, -0.15) is 0 Å². The Labute approximate surface area is 112 Å². The molecule has 0 aliphatic carbocycles. The molecule has 0 saturated heterocycles. The van der Waals surface area contributed by atoms with Gasteiger partial charge in [0.25, 0.3) is 0 Å². The Morgan fingerprint density at radius 1 is 1.05 bits per heavy atom. The minimum absolute atomic E-state index is 0.0776. The number of phenols is 2. The van der Waals surface area contributed by atoms with Gasteiger partial charge in [-0.25, -0.2) is 0 Å². The minimum atomic E-state index is 0.0776. The first-order valence-electron chi connectivity index (χ1n) is 6.23. The van der Waals surface area contributed by atoms with Crippen LogP contribution in [0.3, 0.4) is 0 Å². The van der Waals surface area contributed by atoms with Gasteiger partial charge in [0.05, 0.1) is 5.69 Å². The minimum Gasteiger partial charge on any atom is -0.507 e. The summed E-state index contributed by atoms with van der Waals surface area (Å²) in [5.41, 5.74) is 2.15. The van der Waals surface area contributed by atoms with Crippen molar-refractivity contribution in [1.82, 2.24) is 4.98 Å². The van der Waals surface area contributed by atoms with Gasteiger partial charge < -0.3 is 10.2 Å². The Bertz CT molecular complexity index is 566. The molecule has 0 bridgehead atoms. The lowest BCUT2D eigenvalue weighted by Crippen LogP contribution is -1.90. The second-order valence-corrected chi connectivity index (χ2v) is 4.72. The van der Waals surface area contributed by atoms with Crippen molar-refractivity contribution in [3.63, 3.8) is 0 Å². The molecule has 0 aliphatic rings. The van der Waals surface area contributed by atoms with Crippen LogP contribution < -0.4 is 0 Å². The van der Waals surface area contributed by atoms with Crippen molar-refractivity contribution in [3.05, 3.63) is 53.3 Å². The summed E-state index contributed by atoms with van der Waals surface area (Å²) < 4.78 is 0. The van der Waals surface area contributed by atoms with Gasteiger partial charge in [-0.15, -0.1) is 0 Å². The van der Waals surface area contributed by atoms with Crippen molar-refractivity contribution in [3.8, 4) is 11.5 Å². The van der Waals surface area contributed by atoms with E-state index in [-0.39, 0.29) is 17.4 Å². The van der Waals surface area contributed by atoms with Gasteiger partial charge in [-0.1, -0.05) is 26.0 Å². The number of hydrogen-bond acceptors (Lipinski definition) is 3. The molecule has 0 fully saturated rings. The first kappa shape index (κ1) is 13.1. The molecule has 0 saturated carbocycles. The van der Waals surface area contributed by atoms with Gasteiger partial charge >= 0.3 is 0 Å². The number of benzene rings is 1. The first-order valence-corrected chi connectivity index (χ1v) is 6.23. The average Bonchev–Trinajstić information content (AvgIpc) is 2.36. The molecule has 1 heterocycles. The monoisotopic (exact) mass is 255 g/mol. The molecule has 0 radical (unpaired) electrons. The maximum atomic E-state index is 9.93. The van der Waals surface area contributed by atoms with Crippen LogP contribution in [-0.4, -0.2) is 15.2 Å². The van der Waals surface area contributed by atoms with E-state index in [1.54, 1.807) is 18.3 Å². The van der Waals surface area contributed by atoms with Crippen molar-refractivity contribution in [2.24, 2.45) is 0 Å². The molecule has 3 heteroatoms. The number of phenolic OH excluding ortho intramolecular Hbond substituents is 2. The number of pyridine rings is 1. The lowest BCUT2D eigenvalue weighted by Gasteiger charge is -2.11. The van der Waals surface area contributed by atoms with Crippen molar-refractivity contribution in [2.75, 3.05) is 0 Å². The smallest absolute Gasteiger partial charge is 0.123 e. The standard InChI is InChI=1S/C16H17NO2/c1-11(2)16-14(18)9-12(10-15(16)19)6-7-13-5-3-4-8-17-13/h3-11,18-19H,1-2H3. The highest BCUT2D eigenvalue weighted by Gasteiger charge is 2.12. The van der Waals surface area contributed by atoms with Gasteiger partial charge in [0.15, 0.2) is 0 Å². The van der Waals surface area contributed by atoms with Gasteiger partial charge in [-0.05, 0) is 41.8 Å². The molecule has 0 unspecified atom stereocenters. The zero-order valence-corrected chi connectivity index (χ0v) is 11.0. The fraction of sp³-hybridized carbons (Fsp3) is 0.188. The maximum absolute atomic E-state index is 9.93. The van der Waals surface area contributed by atoms with E-state index < -0.39 is 0 Å². The van der Waals surface area contributed by atoms with Crippen LogP contribution in [0.15, 0.2) is 36.5 Å². The second-order valence-electron chi connectivity index (χ2n) is 4.72. The van der Waals surface area contributed by atoms with E-state index in [2.05, 4.69) is 4.98 Å². The largest absolute Gasteiger partial charge is 0.507 e. The lowest BCUT2D eigenvalue weighted by molar-refractivity contribution is 0.433. The molecule has 0 amide bonds. The van der Waals surface area contributed by atoms with Crippen LogP contribution in [0, 0.1) is 0 Å². The van der Waals surface area contributed by atoms with Crippen LogP contribution in [0.4, 0.5) is 0 Å². The molecule has 0 spiro atoms. The summed E-state index contributed by atoms with van der Waals surface area (Å²) in [6, 6.07) is 8.94. The van der Waals surface area contributed by atoms with Crippen LogP contribution in [0.25, 0.3) is 12.2 Å². The zero-order valence-electron chi connectivity index (χ0n) is 11.0. The van der Waals surface area contributed by atoms with Gasteiger partial charge in [0.1, 0.15) is 11.5 Å². The third-order valence-corrected chi connectivity index (χ3v) is 2.87. The predicted octanol–water partition coefficient (Wildman–Crippen LogP) is 3.79. The van der Waals surface area contributed by atoms with Crippen molar-refractivity contribution in [2.45, 2.75) is 19.8 Å². The molecule has 1 aromatic heterocycles. The fourth-order valence-electron chi connectivity index (χ4n) is 1.99. The highest BCUT2D eigenvalue weighted by molar-refractivity contribution is 5.70. The Balaban J connectivity index is 2.30. The molecule has 2 N–H and O–H groups in total. The summed E-state index contributed by atoms with van der Waals surface area (Å²) in [6.45, 7) is 3.86. The first-order chi connectivity index (χ1) is 9.08. The summed E-state index contributed by atoms with van der Waals surface area (Å²) in [5, 5.41) is 19.9. The summed E-state index contributed by atoms with van der Waals surface area (Å²) >= 11 is 0. The number of aromatic nitrogens is 1. The Morgan fingerprint density at radius 3 is 2.26 bits per heavy atom. The van der Waals surface area contributed by atoms with Crippen LogP contribution in [0.1, 0.15) is 36.6 Å². The Kier molecular flexibility index (Phi) is 3.85. The molecule has 2 rings (SSSR count). The average molecular weight is 255 g/mol. The van der Waals surface area contributed by atoms with Crippen LogP contribution in [0.5, 0.6) is 11.5 Å². The van der Waals surface area contributed by atoms with Gasteiger partial charge in [-0.3, -0.25) is 4.98 Å². The predicted molar refractivity (Wildman–Crippen MR) is 77.0 cm³/mol. The normalized spacial score (nSPS) is 11.3. The number of hydrogen-bond donors (Lipinski definition) is 2.